The van der Waals surface area contributed by atoms with Gasteiger partial charge in [0.25, 0.3) is 11.5 Å². The average molecular weight is 455 g/mol. The van der Waals surface area contributed by atoms with Crippen LogP contribution in [0.25, 0.3) is 11.3 Å². The molecule has 1 aromatic heterocycles. The minimum absolute atomic E-state index is 0.0595. The monoisotopic (exact) mass is 455 g/mol. The van der Waals surface area contributed by atoms with Gasteiger partial charge in [0.1, 0.15) is 11.6 Å². The van der Waals surface area contributed by atoms with Crippen LogP contribution in [0, 0.1) is 11.3 Å². The molecule has 0 spiro atoms. The molecule has 0 saturated heterocycles. The first-order valence-electron chi connectivity index (χ1n) is 10.0. The van der Waals surface area contributed by atoms with E-state index in [1.807, 2.05) is 6.07 Å². The summed E-state index contributed by atoms with van der Waals surface area (Å²) < 4.78 is 1.09. The van der Waals surface area contributed by atoms with E-state index in [4.69, 9.17) is 5.11 Å². The Kier molecular flexibility index (Phi) is 5.80. The maximum Gasteiger partial charge on any atom is 0.335 e. The van der Waals surface area contributed by atoms with Crippen LogP contribution in [0.3, 0.4) is 0 Å². The lowest BCUT2D eigenvalue weighted by Gasteiger charge is -2.16. The molecule has 0 fully saturated rings. The van der Waals surface area contributed by atoms with Gasteiger partial charge in [0.2, 0.25) is 5.95 Å². The minimum Gasteiger partial charge on any atom is -0.478 e. The van der Waals surface area contributed by atoms with E-state index < -0.39 is 23.5 Å². The highest BCUT2D eigenvalue weighted by Gasteiger charge is 2.37. The number of carboxylic acids is 1. The van der Waals surface area contributed by atoms with Gasteiger partial charge in [0.05, 0.1) is 22.7 Å². The van der Waals surface area contributed by atoms with E-state index in [0.717, 1.165) is 9.58 Å². The number of amides is 1. The van der Waals surface area contributed by atoms with Crippen LogP contribution in [-0.4, -0.2) is 38.3 Å². The van der Waals surface area contributed by atoms with E-state index in [2.05, 4.69) is 20.3 Å². The second-order valence-corrected chi connectivity index (χ2v) is 7.34. The van der Waals surface area contributed by atoms with Crippen LogP contribution < -0.4 is 10.6 Å². The number of carboxylic acid groups (broad SMARTS) is 1. The maximum absolute atomic E-state index is 13.1. The van der Waals surface area contributed by atoms with Crippen molar-refractivity contribution in [2.75, 3.05) is 5.01 Å². The molecule has 4 rings (SSSR count). The molecule has 1 unspecified atom stereocenters. The molecule has 168 valence electrons. The lowest BCUT2D eigenvalue weighted by molar-refractivity contribution is -0.118. The zero-order valence-electron chi connectivity index (χ0n) is 18.1. The number of rotatable bonds is 5. The van der Waals surface area contributed by atoms with E-state index in [1.165, 1.54) is 31.3 Å². The van der Waals surface area contributed by atoms with Crippen molar-refractivity contribution in [2.24, 2.45) is 22.4 Å². The lowest BCUT2D eigenvalue weighted by Crippen LogP contribution is -2.35. The third kappa shape index (κ3) is 3.95. The van der Waals surface area contributed by atoms with Gasteiger partial charge in [-0.05, 0) is 31.2 Å². The predicted molar refractivity (Wildman–Crippen MR) is 122 cm³/mol. The number of hydrogen-bond donors (Lipinski definition) is 1. The molecule has 0 radical (unpaired) electrons. The molecule has 1 atom stereocenters. The molecule has 1 N–H and O–H groups in total. The summed E-state index contributed by atoms with van der Waals surface area (Å²) in [6.07, 6.45) is 0. The number of nitrogens with zero attached hydrogens (tertiary/aromatic N) is 7. The number of anilines is 1. The summed E-state index contributed by atoms with van der Waals surface area (Å²) in [4.78, 5) is 41.4. The molecule has 0 bridgehead atoms. The van der Waals surface area contributed by atoms with Gasteiger partial charge < -0.3 is 5.11 Å². The second-order valence-electron chi connectivity index (χ2n) is 7.34. The Morgan fingerprint density at radius 2 is 1.79 bits per heavy atom. The van der Waals surface area contributed by atoms with Crippen molar-refractivity contribution < 1.29 is 14.7 Å². The Hall–Kier alpha value is -4.98. The number of hydrazone groups is 1. The SMILES string of the molecule is CC1=NN(c2nc(-c3ccccc3)c(C#N)c(=O)n2C)C(=O)C1N=Nc1ccc(C(=O)O)cc1. The fourth-order valence-electron chi connectivity index (χ4n) is 3.31. The normalized spacial score (nSPS) is 15.4. The molecule has 11 nitrogen and oxygen atoms in total. The average Bonchev–Trinajstić information content (AvgIpc) is 3.12. The molecule has 11 heteroatoms. The predicted octanol–water partition coefficient (Wildman–Crippen LogP) is 2.89. The molecule has 3 aromatic rings. The van der Waals surface area contributed by atoms with Crippen LogP contribution in [0.5, 0.6) is 0 Å². The summed E-state index contributed by atoms with van der Waals surface area (Å²) in [5.74, 6) is -1.70. The molecule has 1 aliphatic rings. The van der Waals surface area contributed by atoms with Gasteiger partial charge in [-0.1, -0.05) is 30.3 Å². The van der Waals surface area contributed by atoms with E-state index >= 15 is 0 Å². The molecule has 1 aliphatic heterocycles. The summed E-state index contributed by atoms with van der Waals surface area (Å²) in [6, 6.07) is 15.2. The van der Waals surface area contributed by atoms with Crippen molar-refractivity contribution in [3.63, 3.8) is 0 Å². The first kappa shape index (κ1) is 22.2. The van der Waals surface area contributed by atoms with E-state index in [0.29, 0.717) is 17.0 Å². The van der Waals surface area contributed by atoms with Crippen LogP contribution in [0.1, 0.15) is 22.8 Å². The van der Waals surface area contributed by atoms with Gasteiger partial charge in [-0.25, -0.2) is 9.78 Å². The Balaban J connectivity index is 1.69. The smallest absolute Gasteiger partial charge is 0.335 e. The zero-order valence-corrected chi connectivity index (χ0v) is 18.1. The first-order valence-corrected chi connectivity index (χ1v) is 10.0. The van der Waals surface area contributed by atoms with Crippen LogP contribution in [0.2, 0.25) is 0 Å². The van der Waals surface area contributed by atoms with Gasteiger partial charge >= 0.3 is 5.97 Å². The third-order valence-corrected chi connectivity index (χ3v) is 5.11. The van der Waals surface area contributed by atoms with Crippen LogP contribution >= 0.6 is 0 Å². The van der Waals surface area contributed by atoms with E-state index in [-0.39, 0.29) is 22.8 Å². The molecular formula is C23H17N7O4. The Morgan fingerprint density at radius 1 is 1.12 bits per heavy atom. The van der Waals surface area contributed by atoms with Crippen LogP contribution in [0.4, 0.5) is 11.6 Å². The molecule has 0 aliphatic carbocycles. The van der Waals surface area contributed by atoms with Crippen molar-refractivity contribution in [1.82, 2.24) is 9.55 Å². The standard InChI is InChI=1S/C23H17N7O4/c1-13-18(27-26-16-10-8-15(9-11-16)22(33)34)21(32)30(28-13)23-25-19(14-6-4-3-5-7-14)17(12-24)20(31)29(23)2/h3-11,18H,1-2H3,(H,33,34). The van der Waals surface area contributed by atoms with Crippen molar-refractivity contribution >= 4 is 29.2 Å². The number of aromatic carboxylic acids is 1. The third-order valence-electron chi connectivity index (χ3n) is 5.11. The van der Waals surface area contributed by atoms with Crippen molar-refractivity contribution in [1.29, 1.82) is 5.26 Å². The second kappa shape index (κ2) is 8.87. The topological polar surface area (TPSA) is 153 Å². The number of hydrogen-bond acceptors (Lipinski definition) is 8. The summed E-state index contributed by atoms with van der Waals surface area (Å²) in [6.45, 7) is 1.59. The summed E-state index contributed by atoms with van der Waals surface area (Å²) in [5.41, 5.74) is 0.718. The van der Waals surface area contributed by atoms with Crippen molar-refractivity contribution in [3.8, 4) is 17.3 Å². The van der Waals surface area contributed by atoms with Crippen LogP contribution in [0.15, 0.2) is 74.7 Å². The maximum atomic E-state index is 13.1. The summed E-state index contributed by atoms with van der Waals surface area (Å²) >= 11 is 0. The molecule has 0 saturated carbocycles. The number of carbonyl (C=O) groups excluding carboxylic acids is 1. The van der Waals surface area contributed by atoms with Gasteiger partial charge in [-0.2, -0.15) is 25.6 Å². The number of benzene rings is 2. The Morgan fingerprint density at radius 3 is 2.41 bits per heavy atom. The fraction of sp³-hybridized carbons (Fsp3) is 0.130. The number of nitriles is 1. The lowest BCUT2D eigenvalue weighted by atomic mass is 10.1. The highest BCUT2D eigenvalue weighted by atomic mass is 16.4. The van der Waals surface area contributed by atoms with Crippen LogP contribution in [-0.2, 0) is 11.8 Å². The van der Waals surface area contributed by atoms with Gasteiger partial charge in [-0.3, -0.25) is 14.2 Å². The molecular weight excluding hydrogens is 438 g/mol. The summed E-state index contributed by atoms with van der Waals surface area (Å²) in [7, 11) is 1.40. The van der Waals surface area contributed by atoms with Gasteiger partial charge in [0.15, 0.2) is 6.04 Å². The van der Waals surface area contributed by atoms with E-state index in [1.54, 1.807) is 37.3 Å². The highest BCUT2D eigenvalue weighted by Crippen LogP contribution is 2.25. The summed E-state index contributed by atoms with van der Waals surface area (Å²) in [5, 5.41) is 31.8. The Labute approximate surface area is 192 Å². The van der Waals surface area contributed by atoms with Crippen molar-refractivity contribution in [2.45, 2.75) is 13.0 Å². The first-order chi connectivity index (χ1) is 16.3. The number of aromatic nitrogens is 2. The minimum atomic E-state index is -1.07. The molecule has 2 aromatic carbocycles. The largest absolute Gasteiger partial charge is 0.478 e. The number of azo groups is 1. The van der Waals surface area contributed by atoms with Gasteiger partial charge in [-0.15, -0.1) is 0 Å². The highest BCUT2D eigenvalue weighted by molar-refractivity contribution is 6.17. The quantitative estimate of drug-likeness (QED) is 0.584. The number of carbonyl (C=O) groups is 2. The molecule has 34 heavy (non-hydrogen) atoms. The molecule has 1 amide bonds. The van der Waals surface area contributed by atoms with Crippen molar-refractivity contribution in [3.05, 3.63) is 76.1 Å². The fourth-order valence-corrected chi connectivity index (χ4v) is 3.31. The molecule has 2 heterocycles. The van der Waals surface area contributed by atoms with Gasteiger partial charge in [0, 0.05) is 12.6 Å². The van der Waals surface area contributed by atoms with E-state index in [9.17, 15) is 19.6 Å². The zero-order chi connectivity index (χ0) is 24.4. The Bertz CT molecular complexity index is 1450.